The predicted molar refractivity (Wildman–Crippen MR) is 62.6 cm³/mol. The van der Waals surface area contributed by atoms with Crippen LogP contribution in [0.15, 0.2) is 0 Å². The Morgan fingerprint density at radius 1 is 1.40 bits per heavy atom. The maximum absolute atomic E-state index is 5.48. The first kappa shape index (κ1) is 10.6. The molecule has 2 atom stereocenters. The van der Waals surface area contributed by atoms with Crippen LogP contribution in [0.4, 0.5) is 11.1 Å². The summed E-state index contributed by atoms with van der Waals surface area (Å²) >= 11 is 1.31. The average Bonchev–Trinajstić information content (AvgIpc) is 2.58. The summed E-state index contributed by atoms with van der Waals surface area (Å²) in [7, 11) is 0. The van der Waals surface area contributed by atoms with Gasteiger partial charge in [0.05, 0.1) is 0 Å². The molecule has 3 N–H and O–H groups in total. The lowest BCUT2D eigenvalue weighted by molar-refractivity contribution is 0.135. The van der Waals surface area contributed by atoms with Gasteiger partial charge < -0.3 is 5.73 Å². The van der Waals surface area contributed by atoms with Crippen molar-refractivity contribution in [1.29, 1.82) is 0 Å². The van der Waals surface area contributed by atoms with E-state index in [1.807, 2.05) is 0 Å². The molecule has 6 heteroatoms. The van der Waals surface area contributed by atoms with Crippen molar-refractivity contribution in [2.24, 2.45) is 0 Å². The quantitative estimate of drug-likeness (QED) is 0.805. The summed E-state index contributed by atoms with van der Waals surface area (Å²) in [6, 6.07) is 1.08. The molecule has 84 valence electrons. The molecule has 0 bridgehead atoms. The molecule has 2 rings (SSSR count). The molecule has 0 aliphatic carbocycles. The van der Waals surface area contributed by atoms with Crippen LogP contribution in [-0.4, -0.2) is 26.5 Å². The number of nitrogen functional groups attached to an aromatic ring is 1. The number of nitrogens with one attached hydrogen (secondary N) is 1. The molecule has 1 aromatic rings. The summed E-state index contributed by atoms with van der Waals surface area (Å²) in [5.41, 5.74) is 8.78. The van der Waals surface area contributed by atoms with E-state index in [-0.39, 0.29) is 0 Å². The topological polar surface area (TPSA) is 67.1 Å². The third-order valence-electron chi connectivity index (χ3n) is 2.86. The Bertz CT molecular complexity index is 316. The molecule has 2 heterocycles. The van der Waals surface area contributed by atoms with Gasteiger partial charge in [-0.25, -0.2) is 5.01 Å². The van der Waals surface area contributed by atoms with Crippen molar-refractivity contribution in [3.63, 3.8) is 0 Å². The predicted octanol–water partition coefficient (Wildman–Crippen LogP) is 1.71. The maximum atomic E-state index is 5.48. The summed E-state index contributed by atoms with van der Waals surface area (Å²) < 4.78 is 3.95. The van der Waals surface area contributed by atoms with Crippen molar-refractivity contribution in [2.45, 2.75) is 45.2 Å². The van der Waals surface area contributed by atoms with Gasteiger partial charge >= 0.3 is 0 Å². The number of piperidine rings is 1. The van der Waals surface area contributed by atoms with E-state index in [4.69, 9.17) is 5.73 Å². The fourth-order valence-electron chi connectivity index (χ4n) is 2.03. The standard InChI is InChI=1S/C9H17N5S/c1-6-4-3-5-7(2)14(6)12-9-11-8(10)13-15-9/h6-7H,3-5H2,1-2H3,(H3,10,11,12,13). The van der Waals surface area contributed by atoms with Crippen LogP contribution < -0.4 is 11.2 Å². The highest BCUT2D eigenvalue weighted by Gasteiger charge is 2.25. The molecule has 1 aromatic heterocycles. The Morgan fingerprint density at radius 2 is 2.07 bits per heavy atom. The lowest BCUT2D eigenvalue weighted by atomic mass is 10.00. The Balaban J connectivity index is 2.03. The first-order chi connectivity index (χ1) is 7.16. The van der Waals surface area contributed by atoms with Gasteiger partial charge in [-0.1, -0.05) is 6.42 Å². The molecule has 1 aliphatic heterocycles. The molecular weight excluding hydrogens is 210 g/mol. The monoisotopic (exact) mass is 227 g/mol. The highest BCUT2D eigenvalue weighted by atomic mass is 32.1. The van der Waals surface area contributed by atoms with Gasteiger partial charge in [-0.3, -0.25) is 5.43 Å². The first-order valence-electron chi connectivity index (χ1n) is 5.31. The van der Waals surface area contributed by atoms with Crippen molar-refractivity contribution >= 4 is 22.6 Å². The average molecular weight is 227 g/mol. The van der Waals surface area contributed by atoms with E-state index in [1.165, 1.54) is 30.8 Å². The number of nitrogens with zero attached hydrogens (tertiary/aromatic N) is 3. The zero-order valence-electron chi connectivity index (χ0n) is 9.10. The molecule has 0 saturated carbocycles. The SMILES string of the molecule is CC1CCCC(C)N1Nc1nc(N)ns1. The molecule has 0 spiro atoms. The number of hydrogen-bond acceptors (Lipinski definition) is 6. The van der Waals surface area contributed by atoms with E-state index in [1.54, 1.807) is 0 Å². The summed E-state index contributed by atoms with van der Waals surface area (Å²) in [6.45, 7) is 4.46. The summed E-state index contributed by atoms with van der Waals surface area (Å²) in [6.07, 6.45) is 3.76. The van der Waals surface area contributed by atoms with E-state index in [0.29, 0.717) is 18.0 Å². The van der Waals surface area contributed by atoms with Gasteiger partial charge in [0.15, 0.2) is 0 Å². The zero-order valence-corrected chi connectivity index (χ0v) is 9.92. The lowest BCUT2D eigenvalue weighted by Crippen LogP contribution is -2.47. The molecule has 1 fully saturated rings. The van der Waals surface area contributed by atoms with Crippen molar-refractivity contribution in [2.75, 3.05) is 11.2 Å². The Labute approximate surface area is 93.8 Å². The van der Waals surface area contributed by atoms with Crippen LogP contribution in [0.1, 0.15) is 33.1 Å². The van der Waals surface area contributed by atoms with Gasteiger partial charge in [-0.05, 0) is 26.7 Å². The fourth-order valence-corrected chi connectivity index (χ4v) is 2.53. The largest absolute Gasteiger partial charge is 0.367 e. The molecule has 0 amide bonds. The van der Waals surface area contributed by atoms with Gasteiger partial charge in [-0.15, -0.1) is 0 Å². The van der Waals surface area contributed by atoms with E-state index < -0.39 is 0 Å². The summed E-state index contributed by atoms with van der Waals surface area (Å²) in [4.78, 5) is 4.11. The third kappa shape index (κ3) is 2.38. The second-order valence-electron chi connectivity index (χ2n) is 4.11. The van der Waals surface area contributed by atoms with Crippen molar-refractivity contribution in [3.8, 4) is 0 Å². The molecule has 2 unspecified atom stereocenters. The number of aromatic nitrogens is 2. The highest BCUT2D eigenvalue weighted by molar-refractivity contribution is 7.09. The second-order valence-corrected chi connectivity index (χ2v) is 4.86. The van der Waals surface area contributed by atoms with E-state index >= 15 is 0 Å². The molecular formula is C9H17N5S. The minimum atomic E-state index is 0.347. The van der Waals surface area contributed by atoms with Gasteiger partial charge in [0, 0.05) is 23.6 Å². The third-order valence-corrected chi connectivity index (χ3v) is 3.49. The molecule has 0 aromatic carbocycles. The van der Waals surface area contributed by atoms with Crippen LogP contribution in [-0.2, 0) is 0 Å². The molecule has 5 nitrogen and oxygen atoms in total. The Kier molecular flexibility index (Phi) is 3.06. The maximum Gasteiger partial charge on any atom is 0.233 e. The normalized spacial score (nSPS) is 27.9. The van der Waals surface area contributed by atoms with E-state index in [9.17, 15) is 0 Å². The molecule has 15 heavy (non-hydrogen) atoms. The number of hydrogen-bond donors (Lipinski definition) is 2. The second kappa shape index (κ2) is 4.32. The van der Waals surface area contributed by atoms with Gasteiger partial charge in [-0.2, -0.15) is 9.36 Å². The van der Waals surface area contributed by atoms with Gasteiger partial charge in [0.2, 0.25) is 11.1 Å². The van der Waals surface area contributed by atoms with Crippen LogP contribution in [0.25, 0.3) is 0 Å². The van der Waals surface area contributed by atoms with Crippen molar-refractivity contribution in [3.05, 3.63) is 0 Å². The van der Waals surface area contributed by atoms with Crippen LogP contribution in [0.3, 0.4) is 0 Å². The Morgan fingerprint density at radius 3 is 2.60 bits per heavy atom. The summed E-state index contributed by atoms with van der Waals surface area (Å²) in [5.74, 6) is 0.347. The number of rotatable bonds is 2. The smallest absolute Gasteiger partial charge is 0.233 e. The fraction of sp³-hybridized carbons (Fsp3) is 0.778. The van der Waals surface area contributed by atoms with Gasteiger partial charge in [0.1, 0.15) is 0 Å². The van der Waals surface area contributed by atoms with Crippen LogP contribution >= 0.6 is 11.5 Å². The summed E-state index contributed by atoms with van der Waals surface area (Å²) in [5, 5.41) is 3.04. The Hall–Kier alpha value is -0.880. The van der Waals surface area contributed by atoms with Crippen molar-refractivity contribution < 1.29 is 0 Å². The van der Waals surface area contributed by atoms with E-state index in [0.717, 1.165) is 5.13 Å². The number of hydrazine groups is 1. The lowest BCUT2D eigenvalue weighted by Gasteiger charge is -2.38. The van der Waals surface area contributed by atoms with Crippen molar-refractivity contribution in [1.82, 2.24) is 14.4 Å². The van der Waals surface area contributed by atoms with Crippen LogP contribution in [0, 0.1) is 0 Å². The minimum Gasteiger partial charge on any atom is -0.367 e. The van der Waals surface area contributed by atoms with Crippen LogP contribution in [0.5, 0.6) is 0 Å². The van der Waals surface area contributed by atoms with Crippen LogP contribution in [0.2, 0.25) is 0 Å². The zero-order chi connectivity index (χ0) is 10.8. The molecule has 1 saturated heterocycles. The molecule has 1 aliphatic rings. The number of anilines is 2. The van der Waals surface area contributed by atoms with Gasteiger partial charge in [0.25, 0.3) is 0 Å². The minimum absolute atomic E-state index is 0.347. The highest BCUT2D eigenvalue weighted by Crippen LogP contribution is 2.24. The van der Waals surface area contributed by atoms with E-state index in [2.05, 4.69) is 33.6 Å². The first-order valence-corrected chi connectivity index (χ1v) is 6.08. The number of nitrogens with two attached hydrogens (primary N) is 1. The molecule has 0 radical (unpaired) electrons.